The minimum Gasteiger partial charge on any atom is -0.497 e. The second kappa shape index (κ2) is 11.3. The first-order valence-corrected chi connectivity index (χ1v) is 10.4. The Bertz CT molecular complexity index is 843. The number of morpholine rings is 1. The predicted octanol–water partition coefficient (Wildman–Crippen LogP) is 4.36. The molecule has 6 heteroatoms. The van der Waals surface area contributed by atoms with Gasteiger partial charge in [-0.25, -0.2) is 0 Å². The summed E-state index contributed by atoms with van der Waals surface area (Å²) in [7, 11) is 1.60. The number of carbonyl (C=O) groups is 1. The van der Waals surface area contributed by atoms with Gasteiger partial charge in [0.05, 0.1) is 32.6 Å². The lowest BCUT2D eigenvalue weighted by Gasteiger charge is -2.28. The van der Waals surface area contributed by atoms with E-state index in [-0.39, 0.29) is 5.91 Å². The number of amides is 1. The Balaban J connectivity index is 1.62. The highest BCUT2D eigenvalue weighted by atomic mass is 16.5. The number of rotatable bonds is 9. The number of nitrogens with one attached hydrogen (secondary N) is 1. The summed E-state index contributed by atoms with van der Waals surface area (Å²) < 4.78 is 16.5. The quantitative estimate of drug-likeness (QED) is 0.492. The molecule has 0 radical (unpaired) electrons. The van der Waals surface area contributed by atoms with E-state index in [2.05, 4.69) is 29.3 Å². The second-order valence-corrected chi connectivity index (χ2v) is 7.08. The Kier molecular flexibility index (Phi) is 8.15. The van der Waals surface area contributed by atoms with Gasteiger partial charge in [0.25, 0.3) is 0 Å². The van der Waals surface area contributed by atoms with Crippen molar-refractivity contribution in [3.8, 4) is 11.5 Å². The van der Waals surface area contributed by atoms with Crippen molar-refractivity contribution in [3.63, 3.8) is 0 Å². The molecule has 0 unspecified atom stereocenters. The summed E-state index contributed by atoms with van der Waals surface area (Å²) in [5, 5.41) is 2.89. The first-order valence-electron chi connectivity index (χ1n) is 10.4. The lowest BCUT2D eigenvalue weighted by molar-refractivity contribution is -0.111. The zero-order chi connectivity index (χ0) is 21.2. The summed E-state index contributed by atoms with van der Waals surface area (Å²) in [6, 6.07) is 13.6. The largest absolute Gasteiger partial charge is 0.497 e. The SMILES string of the molecule is CCCCOc1ccc(OC)cc1NC(=O)/C=C/c1ccc(N2CCOCC2)cc1. The summed E-state index contributed by atoms with van der Waals surface area (Å²) in [5.41, 5.74) is 2.74. The van der Waals surface area contributed by atoms with Crippen molar-refractivity contribution in [1.82, 2.24) is 0 Å². The molecule has 0 atom stereocenters. The highest BCUT2D eigenvalue weighted by Crippen LogP contribution is 2.29. The predicted molar refractivity (Wildman–Crippen MR) is 121 cm³/mol. The van der Waals surface area contributed by atoms with Gasteiger partial charge in [-0.1, -0.05) is 25.5 Å². The van der Waals surface area contributed by atoms with E-state index in [1.165, 1.54) is 11.8 Å². The lowest BCUT2D eigenvalue weighted by atomic mass is 10.1. The van der Waals surface area contributed by atoms with Gasteiger partial charge in [0.15, 0.2) is 0 Å². The first-order chi connectivity index (χ1) is 14.7. The van der Waals surface area contributed by atoms with E-state index in [1.807, 2.05) is 24.3 Å². The summed E-state index contributed by atoms with van der Waals surface area (Å²) in [4.78, 5) is 14.8. The van der Waals surface area contributed by atoms with Crippen LogP contribution in [0.3, 0.4) is 0 Å². The average molecular weight is 411 g/mol. The molecule has 1 aliphatic rings. The van der Waals surface area contributed by atoms with Crippen molar-refractivity contribution < 1.29 is 19.0 Å². The Morgan fingerprint density at radius 3 is 2.63 bits per heavy atom. The molecule has 2 aromatic rings. The third-order valence-electron chi connectivity index (χ3n) is 4.90. The topological polar surface area (TPSA) is 60.0 Å². The third kappa shape index (κ3) is 6.26. The molecule has 1 saturated heterocycles. The first kappa shape index (κ1) is 21.7. The number of carbonyl (C=O) groups excluding carboxylic acids is 1. The Labute approximate surface area is 178 Å². The molecule has 0 aromatic heterocycles. The van der Waals surface area contributed by atoms with E-state index in [0.29, 0.717) is 23.8 Å². The van der Waals surface area contributed by atoms with Crippen LogP contribution in [0.1, 0.15) is 25.3 Å². The number of unbranched alkanes of at least 4 members (excludes halogenated alkanes) is 1. The van der Waals surface area contributed by atoms with Crippen molar-refractivity contribution >= 4 is 23.4 Å². The minimum atomic E-state index is -0.221. The summed E-state index contributed by atoms with van der Waals surface area (Å²) in [5.74, 6) is 1.08. The molecule has 1 fully saturated rings. The number of hydrogen-bond donors (Lipinski definition) is 1. The zero-order valence-electron chi connectivity index (χ0n) is 17.7. The van der Waals surface area contributed by atoms with Crippen LogP contribution in [0.2, 0.25) is 0 Å². The van der Waals surface area contributed by atoms with E-state index in [9.17, 15) is 4.79 Å². The van der Waals surface area contributed by atoms with E-state index in [0.717, 1.165) is 44.7 Å². The van der Waals surface area contributed by atoms with Gasteiger partial charge in [-0.3, -0.25) is 4.79 Å². The van der Waals surface area contributed by atoms with Gasteiger partial charge in [-0.05, 0) is 42.3 Å². The molecule has 1 N–H and O–H groups in total. The summed E-state index contributed by atoms with van der Waals surface area (Å²) in [6.07, 6.45) is 5.33. The third-order valence-corrected chi connectivity index (χ3v) is 4.90. The molecular weight excluding hydrogens is 380 g/mol. The van der Waals surface area contributed by atoms with Crippen LogP contribution in [0.15, 0.2) is 48.5 Å². The van der Waals surface area contributed by atoms with Crippen LogP contribution >= 0.6 is 0 Å². The molecule has 0 bridgehead atoms. The van der Waals surface area contributed by atoms with Crippen molar-refractivity contribution in [1.29, 1.82) is 0 Å². The normalized spacial score (nSPS) is 14.0. The molecule has 6 nitrogen and oxygen atoms in total. The molecule has 1 aliphatic heterocycles. The number of benzene rings is 2. The van der Waals surface area contributed by atoms with Crippen LogP contribution in [0.4, 0.5) is 11.4 Å². The second-order valence-electron chi connectivity index (χ2n) is 7.08. The Hall–Kier alpha value is -2.99. The molecule has 3 rings (SSSR count). The Morgan fingerprint density at radius 2 is 1.93 bits per heavy atom. The number of nitrogens with zero attached hydrogens (tertiary/aromatic N) is 1. The number of anilines is 2. The molecule has 160 valence electrons. The van der Waals surface area contributed by atoms with Crippen LogP contribution < -0.4 is 19.7 Å². The van der Waals surface area contributed by atoms with Crippen LogP contribution in [0, 0.1) is 0 Å². The van der Waals surface area contributed by atoms with Crippen molar-refractivity contribution in [2.45, 2.75) is 19.8 Å². The fourth-order valence-corrected chi connectivity index (χ4v) is 3.15. The highest BCUT2D eigenvalue weighted by molar-refractivity contribution is 6.02. The van der Waals surface area contributed by atoms with Gasteiger partial charge >= 0.3 is 0 Å². The van der Waals surface area contributed by atoms with Gasteiger partial charge in [0, 0.05) is 30.9 Å². The average Bonchev–Trinajstić information content (AvgIpc) is 2.79. The molecule has 0 saturated carbocycles. The molecule has 1 heterocycles. The molecule has 0 aliphatic carbocycles. The lowest BCUT2D eigenvalue weighted by Crippen LogP contribution is -2.36. The number of hydrogen-bond acceptors (Lipinski definition) is 5. The van der Waals surface area contributed by atoms with E-state index in [1.54, 1.807) is 19.3 Å². The van der Waals surface area contributed by atoms with Gasteiger partial charge in [-0.15, -0.1) is 0 Å². The summed E-state index contributed by atoms with van der Waals surface area (Å²) >= 11 is 0. The van der Waals surface area contributed by atoms with Crippen LogP contribution in [0.5, 0.6) is 11.5 Å². The number of ether oxygens (including phenoxy) is 3. The minimum absolute atomic E-state index is 0.221. The van der Waals surface area contributed by atoms with E-state index >= 15 is 0 Å². The van der Waals surface area contributed by atoms with Crippen molar-refractivity contribution in [2.75, 3.05) is 50.2 Å². The Morgan fingerprint density at radius 1 is 1.17 bits per heavy atom. The highest BCUT2D eigenvalue weighted by Gasteiger charge is 2.11. The fraction of sp³-hybridized carbons (Fsp3) is 0.375. The molecular formula is C24H30N2O4. The fourth-order valence-electron chi connectivity index (χ4n) is 3.15. The van der Waals surface area contributed by atoms with Crippen molar-refractivity contribution in [2.24, 2.45) is 0 Å². The standard InChI is InChI=1S/C24H30N2O4/c1-3-4-15-30-23-11-10-21(28-2)18-22(23)25-24(27)12-7-19-5-8-20(9-6-19)26-13-16-29-17-14-26/h5-12,18H,3-4,13-17H2,1-2H3,(H,25,27)/b12-7+. The van der Waals surface area contributed by atoms with Crippen LogP contribution in [-0.4, -0.2) is 45.9 Å². The van der Waals surface area contributed by atoms with Crippen LogP contribution in [0.25, 0.3) is 6.08 Å². The van der Waals surface area contributed by atoms with Gasteiger partial charge in [0.2, 0.25) is 5.91 Å². The molecule has 2 aromatic carbocycles. The smallest absolute Gasteiger partial charge is 0.248 e. The maximum absolute atomic E-state index is 12.5. The van der Waals surface area contributed by atoms with Gasteiger partial charge < -0.3 is 24.4 Å². The number of methoxy groups -OCH3 is 1. The van der Waals surface area contributed by atoms with E-state index < -0.39 is 0 Å². The summed E-state index contributed by atoms with van der Waals surface area (Å²) in [6.45, 7) is 6.05. The molecule has 1 amide bonds. The van der Waals surface area contributed by atoms with Crippen molar-refractivity contribution in [3.05, 3.63) is 54.1 Å². The monoisotopic (exact) mass is 410 g/mol. The van der Waals surface area contributed by atoms with Crippen LogP contribution in [-0.2, 0) is 9.53 Å². The maximum atomic E-state index is 12.5. The van der Waals surface area contributed by atoms with Gasteiger partial charge in [-0.2, -0.15) is 0 Å². The van der Waals surface area contributed by atoms with E-state index in [4.69, 9.17) is 14.2 Å². The molecule has 30 heavy (non-hydrogen) atoms. The van der Waals surface area contributed by atoms with Gasteiger partial charge in [0.1, 0.15) is 11.5 Å². The maximum Gasteiger partial charge on any atom is 0.248 e. The molecule has 0 spiro atoms. The zero-order valence-corrected chi connectivity index (χ0v) is 17.7.